The van der Waals surface area contributed by atoms with Crippen LogP contribution in [0.3, 0.4) is 0 Å². The molecule has 0 aromatic heterocycles. The summed E-state index contributed by atoms with van der Waals surface area (Å²) in [4.78, 5) is 21.5. The predicted molar refractivity (Wildman–Crippen MR) is 77.6 cm³/mol. The summed E-state index contributed by atoms with van der Waals surface area (Å²) in [5.74, 6) is -0.135. The molecule has 8 heteroatoms. The van der Waals surface area contributed by atoms with Crippen LogP contribution in [-0.4, -0.2) is 30.0 Å². The maximum Gasteiger partial charge on any atom is 0.273 e. The normalized spacial score (nSPS) is 13.6. The molecule has 0 saturated carbocycles. The first-order valence-electron chi connectivity index (χ1n) is 5.85. The first kappa shape index (κ1) is 16.4. The van der Waals surface area contributed by atoms with Crippen LogP contribution in [0.4, 0.5) is 5.69 Å². The van der Waals surface area contributed by atoms with Gasteiger partial charge in [-0.1, -0.05) is 0 Å². The quantitative estimate of drug-likeness (QED) is 0.576. The van der Waals surface area contributed by atoms with E-state index in [1.54, 1.807) is 20.0 Å². The average molecular weight is 346 g/mol. The zero-order valence-corrected chi connectivity index (χ0v) is 12.8. The molecule has 1 rings (SSSR count). The maximum atomic E-state index is 11.3. The van der Waals surface area contributed by atoms with Gasteiger partial charge in [0.25, 0.3) is 5.69 Å². The lowest BCUT2D eigenvalue weighted by atomic mass is 9.98. The van der Waals surface area contributed by atoms with Gasteiger partial charge >= 0.3 is 0 Å². The summed E-state index contributed by atoms with van der Waals surface area (Å²) in [6.45, 7) is 1.86. The van der Waals surface area contributed by atoms with Gasteiger partial charge in [-0.15, -0.1) is 0 Å². The number of non-ortho nitro benzene ring substituents is 1. The highest BCUT2D eigenvalue weighted by molar-refractivity contribution is 9.10. The zero-order valence-electron chi connectivity index (χ0n) is 11.2. The van der Waals surface area contributed by atoms with Gasteiger partial charge in [-0.2, -0.15) is 0 Å². The number of nitrogens with zero attached hydrogens (tertiary/aromatic N) is 1. The van der Waals surface area contributed by atoms with E-state index in [0.29, 0.717) is 16.6 Å². The van der Waals surface area contributed by atoms with Crippen molar-refractivity contribution in [1.29, 1.82) is 0 Å². The van der Waals surface area contributed by atoms with Crippen molar-refractivity contribution in [1.82, 2.24) is 5.32 Å². The number of ether oxygens (including phenoxy) is 1. The molecule has 110 valence electrons. The minimum Gasteiger partial charge on any atom is -0.492 e. The number of hydrogen-bond donors (Lipinski definition) is 2. The van der Waals surface area contributed by atoms with E-state index in [1.165, 1.54) is 12.1 Å². The second-order valence-corrected chi connectivity index (χ2v) is 5.27. The van der Waals surface area contributed by atoms with Crippen LogP contribution in [-0.2, 0) is 4.79 Å². The highest BCUT2D eigenvalue weighted by Gasteiger charge is 2.28. The molecule has 1 atom stereocenters. The lowest BCUT2D eigenvalue weighted by Gasteiger charge is -2.25. The largest absolute Gasteiger partial charge is 0.492 e. The van der Waals surface area contributed by atoms with Gasteiger partial charge in [0.05, 0.1) is 27.6 Å². The van der Waals surface area contributed by atoms with Crippen molar-refractivity contribution in [2.45, 2.75) is 18.9 Å². The Kier molecular flexibility index (Phi) is 5.46. The Bertz CT molecular complexity index is 523. The number of carbonyl (C=O) groups excluding carboxylic acids is 1. The van der Waals surface area contributed by atoms with Crippen molar-refractivity contribution in [3.63, 3.8) is 0 Å². The monoisotopic (exact) mass is 345 g/mol. The number of hydrogen-bond acceptors (Lipinski definition) is 5. The van der Waals surface area contributed by atoms with Crippen LogP contribution in [0.5, 0.6) is 5.75 Å². The van der Waals surface area contributed by atoms with E-state index in [1.807, 2.05) is 0 Å². The highest BCUT2D eigenvalue weighted by atomic mass is 79.9. The maximum absolute atomic E-state index is 11.3. The number of likely N-dealkylation sites (N-methyl/N-ethyl adjacent to an activating group) is 1. The van der Waals surface area contributed by atoms with E-state index in [0.717, 1.165) is 0 Å². The number of nitrogens with one attached hydrogen (secondary N) is 1. The number of benzene rings is 1. The van der Waals surface area contributed by atoms with Gasteiger partial charge in [0.15, 0.2) is 0 Å². The minimum atomic E-state index is -0.882. The number of halogens is 1. The number of nitro benzene ring substituents is 1. The smallest absolute Gasteiger partial charge is 0.273 e. The molecule has 0 bridgehead atoms. The first-order valence-corrected chi connectivity index (χ1v) is 6.65. The molecule has 0 fully saturated rings. The fourth-order valence-corrected chi connectivity index (χ4v) is 1.81. The Balaban J connectivity index is 2.73. The molecular weight excluding hydrogens is 330 g/mol. The van der Waals surface area contributed by atoms with Crippen LogP contribution in [0.15, 0.2) is 22.7 Å². The second-order valence-electron chi connectivity index (χ2n) is 4.42. The van der Waals surface area contributed by atoms with E-state index in [9.17, 15) is 14.9 Å². The summed E-state index contributed by atoms with van der Waals surface area (Å²) >= 11 is 3.25. The minimum absolute atomic E-state index is 0.0607. The van der Waals surface area contributed by atoms with E-state index >= 15 is 0 Å². The fraction of sp³-hybridized carbons (Fsp3) is 0.417. The van der Waals surface area contributed by atoms with Crippen LogP contribution >= 0.6 is 15.9 Å². The standard InChI is InChI=1S/C12H16BrN3O4/c1-12(15-2,11(14)17)5-6-20-10-7-8(16(18)19)3-4-9(10)13/h3-4,7,15H,5-6H2,1-2H3,(H2,14,17). The molecule has 0 saturated heterocycles. The summed E-state index contributed by atoms with van der Waals surface area (Å²) in [7, 11) is 1.63. The summed E-state index contributed by atoms with van der Waals surface area (Å²) in [5, 5.41) is 13.5. The van der Waals surface area contributed by atoms with Crippen molar-refractivity contribution >= 4 is 27.5 Å². The Morgan fingerprint density at radius 1 is 1.60 bits per heavy atom. The Morgan fingerprint density at radius 2 is 2.25 bits per heavy atom. The van der Waals surface area contributed by atoms with Crippen molar-refractivity contribution < 1.29 is 14.5 Å². The Labute approximate surface area is 124 Å². The number of rotatable bonds is 7. The second kappa shape index (κ2) is 6.67. The van der Waals surface area contributed by atoms with Gasteiger partial charge in [0, 0.05) is 12.5 Å². The summed E-state index contributed by atoms with van der Waals surface area (Å²) in [6, 6.07) is 4.24. The van der Waals surface area contributed by atoms with E-state index in [2.05, 4.69) is 21.2 Å². The van der Waals surface area contributed by atoms with E-state index in [-0.39, 0.29) is 12.3 Å². The summed E-state index contributed by atoms with van der Waals surface area (Å²) in [6.07, 6.45) is 0.341. The molecule has 1 amide bonds. The zero-order chi connectivity index (χ0) is 15.3. The SMILES string of the molecule is CNC(C)(CCOc1cc([N+](=O)[O-])ccc1Br)C(N)=O. The number of nitrogens with two attached hydrogens (primary N) is 1. The third-order valence-corrected chi connectivity index (χ3v) is 3.74. The predicted octanol–water partition coefficient (Wildman–Crippen LogP) is 1.59. The first-order chi connectivity index (χ1) is 9.30. The molecule has 7 nitrogen and oxygen atoms in total. The molecule has 0 spiro atoms. The van der Waals surface area contributed by atoms with E-state index < -0.39 is 16.4 Å². The highest BCUT2D eigenvalue weighted by Crippen LogP contribution is 2.29. The van der Waals surface area contributed by atoms with Crippen molar-refractivity contribution in [2.24, 2.45) is 5.73 Å². The van der Waals surface area contributed by atoms with Crippen LogP contribution in [0.2, 0.25) is 0 Å². The fourth-order valence-electron chi connectivity index (χ4n) is 1.45. The average Bonchev–Trinajstić information content (AvgIpc) is 2.40. The third-order valence-electron chi connectivity index (χ3n) is 3.08. The van der Waals surface area contributed by atoms with Crippen molar-refractivity contribution in [2.75, 3.05) is 13.7 Å². The molecule has 0 heterocycles. The molecule has 0 aliphatic heterocycles. The Morgan fingerprint density at radius 3 is 2.75 bits per heavy atom. The molecule has 0 aliphatic rings. The molecule has 3 N–H and O–H groups in total. The topological polar surface area (TPSA) is 107 Å². The molecule has 0 radical (unpaired) electrons. The Hall–Kier alpha value is -1.67. The lowest BCUT2D eigenvalue weighted by molar-refractivity contribution is -0.385. The van der Waals surface area contributed by atoms with Crippen LogP contribution in [0, 0.1) is 10.1 Å². The number of nitro groups is 1. The van der Waals surface area contributed by atoms with Gasteiger partial charge in [-0.25, -0.2) is 0 Å². The van der Waals surface area contributed by atoms with Gasteiger partial charge < -0.3 is 15.8 Å². The van der Waals surface area contributed by atoms with Crippen LogP contribution in [0.1, 0.15) is 13.3 Å². The van der Waals surface area contributed by atoms with Gasteiger partial charge in [-0.05, 0) is 36.0 Å². The molecule has 1 unspecified atom stereocenters. The molecule has 0 aliphatic carbocycles. The van der Waals surface area contributed by atoms with Gasteiger partial charge in [-0.3, -0.25) is 14.9 Å². The van der Waals surface area contributed by atoms with Crippen LogP contribution < -0.4 is 15.8 Å². The number of carbonyl (C=O) groups is 1. The van der Waals surface area contributed by atoms with E-state index in [4.69, 9.17) is 10.5 Å². The van der Waals surface area contributed by atoms with Crippen LogP contribution in [0.25, 0.3) is 0 Å². The van der Waals surface area contributed by atoms with Gasteiger partial charge in [0.1, 0.15) is 5.75 Å². The number of amides is 1. The van der Waals surface area contributed by atoms with Crippen molar-refractivity contribution in [3.05, 3.63) is 32.8 Å². The molecule has 1 aromatic carbocycles. The summed E-state index contributed by atoms with van der Waals surface area (Å²) < 4.78 is 6.08. The molecular formula is C12H16BrN3O4. The number of primary amides is 1. The molecule has 1 aromatic rings. The third kappa shape index (κ3) is 3.91. The lowest BCUT2D eigenvalue weighted by Crippen LogP contribution is -2.52. The summed E-state index contributed by atoms with van der Waals surface area (Å²) in [5.41, 5.74) is 4.36. The molecule has 20 heavy (non-hydrogen) atoms. The van der Waals surface area contributed by atoms with Gasteiger partial charge in [0.2, 0.25) is 5.91 Å². The van der Waals surface area contributed by atoms with Crippen molar-refractivity contribution in [3.8, 4) is 5.75 Å².